The summed E-state index contributed by atoms with van der Waals surface area (Å²) in [6.07, 6.45) is 3.39. The van der Waals surface area contributed by atoms with E-state index in [0.717, 1.165) is 9.13 Å². The summed E-state index contributed by atoms with van der Waals surface area (Å²) in [6.45, 7) is 1.84. The molecule has 82 valence electrons. The van der Waals surface area contributed by atoms with Crippen molar-refractivity contribution < 1.29 is 4.39 Å². The van der Waals surface area contributed by atoms with Crippen LogP contribution in [-0.2, 0) is 0 Å². The number of nitrogens with zero attached hydrogens (tertiary/aromatic N) is 2. The molecule has 2 rings (SSSR count). The number of rotatable bonds is 2. The van der Waals surface area contributed by atoms with Crippen molar-refractivity contribution in [1.82, 2.24) is 9.97 Å². The van der Waals surface area contributed by atoms with Gasteiger partial charge in [0.05, 0.1) is 0 Å². The molecule has 0 saturated carbocycles. The van der Waals surface area contributed by atoms with Gasteiger partial charge in [-0.05, 0) is 53.3 Å². The Morgan fingerprint density at radius 2 is 1.88 bits per heavy atom. The van der Waals surface area contributed by atoms with Gasteiger partial charge in [-0.3, -0.25) is 0 Å². The van der Waals surface area contributed by atoms with E-state index in [9.17, 15) is 4.39 Å². The van der Waals surface area contributed by atoms with Crippen LogP contribution in [0.5, 0.6) is 0 Å². The van der Waals surface area contributed by atoms with Crippen molar-refractivity contribution in [2.45, 2.75) is 6.92 Å². The van der Waals surface area contributed by atoms with E-state index >= 15 is 0 Å². The Balaban J connectivity index is 2.23. The van der Waals surface area contributed by atoms with Crippen LogP contribution in [0.3, 0.4) is 0 Å². The van der Waals surface area contributed by atoms with Gasteiger partial charge >= 0.3 is 0 Å². The van der Waals surface area contributed by atoms with E-state index in [1.54, 1.807) is 12.4 Å². The monoisotopic (exact) mass is 329 g/mol. The summed E-state index contributed by atoms with van der Waals surface area (Å²) < 4.78 is 14.1. The molecule has 1 N–H and O–H groups in total. The maximum absolute atomic E-state index is 13.1. The first kappa shape index (κ1) is 11.3. The van der Waals surface area contributed by atoms with E-state index in [1.165, 1.54) is 12.1 Å². The van der Waals surface area contributed by atoms with Gasteiger partial charge in [0.15, 0.2) is 0 Å². The van der Waals surface area contributed by atoms with Crippen molar-refractivity contribution in [3.8, 4) is 0 Å². The molecule has 0 amide bonds. The van der Waals surface area contributed by atoms with E-state index in [2.05, 4.69) is 37.9 Å². The SMILES string of the molecule is Cc1cc(F)cc(Nc2ncc(I)cn2)c1. The van der Waals surface area contributed by atoms with Crippen molar-refractivity contribution in [1.29, 1.82) is 0 Å². The number of anilines is 2. The zero-order valence-electron chi connectivity index (χ0n) is 8.54. The van der Waals surface area contributed by atoms with Crippen molar-refractivity contribution in [2.24, 2.45) is 0 Å². The molecule has 0 aliphatic heterocycles. The van der Waals surface area contributed by atoms with Crippen molar-refractivity contribution in [3.05, 3.63) is 45.5 Å². The summed E-state index contributed by atoms with van der Waals surface area (Å²) in [5, 5.41) is 2.95. The molecule has 1 heterocycles. The summed E-state index contributed by atoms with van der Waals surface area (Å²) in [6, 6.07) is 4.72. The summed E-state index contributed by atoms with van der Waals surface area (Å²) in [5.41, 5.74) is 1.51. The number of aromatic nitrogens is 2. The van der Waals surface area contributed by atoms with Crippen molar-refractivity contribution in [3.63, 3.8) is 0 Å². The number of hydrogen-bond donors (Lipinski definition) is 1. The maximum Gasteiger partial charge on any atom is 0.227 e. The summed E-state index contributed by atoms with van der Waals surface area (Å²) in [7, 11) is 0. The van der Waals surface area contributed by atoms with Gasteiger partial charge in [0, 0.05) is 21.7 Å². The average Bonchev–Trinajstić information content (AvgIpc) is 2.20. The van der Waals surface area contributed by atoms with Gasteiger partial charge in [0.25, 0.3) is 0 Å². The zero-order valence-corrected chi connectivity index (χ0v) is 10.7. The van der Waals surface area contributed by atoms with E-state index < -0.39 is 0 Å². The molecular formula is C11H9FIN3. The standard InChI is InChI=1S/C11H9FIN3/c1-7-2-8(12)4-10(3-7)16-11-14-5-9(13)6-15-11/h2-6H,1H3,(H,14,15,16). The molecule has 1 aromatic heterocycles. The molecule has 0 saturated heterocycles. The third kappa shape index (κ3) is 2.88. The zero-order chi connectivity index (χ0) is 11.5. The summed E-state index contributed by atoms with van der Waals surface area (Å²) in [4.78, 5) is 8.16. The van der Waals surface area contributed by atoms with Gasteiger partial charge in [-0.15, -0.1) is 0 Å². The van der Waals surface area contributed by atoms with E-state index in [4.69, 9.17) is 0 Å². The predicted molar refractivity (Wildman–Crippen MR) is 69.2 cm³/mol. The topological polar surface area (TPSA) is 37.8 Å². The Kier molecular flexibility index (Phi) is 3.33. The molecule has 0 bridgehead atoms. The fourth-order valence-electron chi connectivity index (χ4n) is 1.31. The summed E-state index contributed by atoms with van der Waals surface area (Å²) in [5.74, 6) is 0.193. The highest BCUT2D eigenvalue weighted by Crippen LogP contribution is 2.16. The van der Waals surface area contributed by atoms with Gasteiger partial charge in [-0.2, -0.15) is 0 Å². The van der Waals surface area contributed by atoms with E-state index in [-0.39, 0.29) is 5.82 Å². The quantitative estimate of drug-likeness (QED) is 0.860. The molecule has 2 aromatic rings. The Labute approximate surface area is 106 Å². The van der Waals surface area contributed by atoms with Crippen molar-refractivity contribution >= 4 is 34.2 Å². The van der Waals surface area contributed by atoms with Gasteiger partial charge in [-0.1, -0.05) is 0 Å². The number of aryl methyl sites for hydroxylation is 1. The number of hydrogen-bond acceptors (Lipinski definition) is 3. The predicted octanol–water partition coefficient (Wildman–Crippen LogP) is 3.27. The number of halogens is 2. The molecule has 0 radical (unpaired) electrons. The van der Waals surface area contributed by atoms with Gasteiger partial charge < -0.3 is 5.32 Å². The molecule has 16 heavy (non-hydrogen) atoms. The molecule has 0 aliphatic rings. The maximum atomic E-state index is 13.1. The highest BCUT2D eigenvalue weighted by Gasteiger charge is 2.00. The minimum absolute atomic E-state index is 0.270. The first-order chi connectivity index (χ1) is 7.63. The van der Waals surface area contributed by atoms with Crippen LogP contribution in [0.25, 0.3) is 0 Å². The molecule has 0 unspecified atom stereocenters. The second kappa shape index (κ2) is 4.73. The summed E-state index contributed by atoms with van der Waals surface area (Å²) >= 11 is 2.13. The van der Waals surface area contributed by atoms with E-state index in [0.29, 0.717) is 11.6 Å². The second-order valence-electron chi connectivity index (χ2n) is 3.37. The van der Waals surface area contributed by atoms with Crippen LogP contribution in [0.4, 0.5) is 16.0 Å². The Morgan fingerprint density at radius 1 is 1.19 bits per heavy atom. The molecule has 5 heteroatoms. The lowest BCUT2D eigenvalue weighted by Gasteiger charge is -2.05. The van der Waals surface area contributed by atoms with E-state index in [1.807, 2.05) is 13.0 Å². The Bertz CT molecular complexity index is 479. The molecule has 0 aliphatic carbocycles. The molecule has 0 fully saturated rings. The molecule has 1 aromatic carbocycles. The van der Waals surface area contributed by atoms with Gasteiger partial charge in [0.2, 0.25) is 5.95 Å². The third-order valence-electron chi connectivity index (χ3n) is 1.92. The van der Waals surface area contributed by atoms with Crippen LogP contribution in [0, 0.1) is 16.3 Å². The number of nitrogens with one attached hydrogen (secondary N) is 1. The Hall–Kier alpha value is -1.24. The lowest BCUT2D eigenvalue weighted by atomic mass is 10.2. The fraction of sp³-hybridized carbons (Fsp3) is 0.0909. The van der Waals surface area contributed by atoms with Crippen LogP contribution in [0.2, 0.25) is 0 Å². The van der Waals surface area contributed by atoms with Crippen LogP contribution in [0.15, 0.2) is 30.6 Å². The van der Waals surface area contributed by atoms with Crippen LogP contribution in [0.1, 0.15) is 5.56 Å². The third-order valence-corrected chi connectivity index (χ3v) is 2.48. The first-order valence-electron chi connectivity index (χ1n) is 4.65. The molecule has 0 atom stereocenters. The lowest BCUT2D eigenvalue weighted by molar-refractivity contribution is 0.627. The minimum Gasteiger partial charge on any atom is -0.324 e. The van der Waals surface area contributed by atoms with Gasteiger partial charge in [-0.25, -0.2) is 14.4 Å². The Morgan fingerprint density at radius 3 is 2.50 bits per heavy atom. The minimum atomic E-state index is -0.270. The highest BCUT2D eigenvalue weighted by molar-refractivity contribution is 14.1. The average molecular weight is 329 g/mol. The highest BCUT2D eigenvalue weighted by atomic mass is 127. The van der Waals surface area contributed by atoms with Crippen molar-refractivity contribution in [2.75, 3.05) is 5.32 Å². The molecule has 0 spiro atoms. The lowest BCUT2D eigenvalue weighted by Crippen LogP contribution is -1.97. The largest absolute Gasteiger partial charge is 0.324 e. The first-order valence-corrected chi connectivity index (χ1v) is 5.73. The molecular weight excluding hydrogens is 320 g/mol. The number of benzene rings is 1. The normalized spacial score (nSPS) is 10.2. The fourth-order valence-corrected chi connectivity index (χ4v) is 1.59. The van der Waals surface area contributed by atoms with Gasteiger partial charge in [0.1, 0.15) is 5.82 Å². The van der Waals surface area contributed by atoms with Crippen LogP contribution < -0.4 is 5.32 Å². The van der Waals surface area contributed by atoms with Crippen LogP contribution >= 0.6 is 22.6 Å². The van der Waals surface area contributed by atoms with Crippen LogP contribution in [-0.4, -0.2) is 9.97 Å². The smallest absolute Gasteiger partial charge is 0.227 e. The molecule has 3 nitrogen and oxygen atoms in total. The second-order valence-corrected chi connectivity index (χ2v) is 4.61.